The number of nitrogens with zero attached hydrogens (tertiary/aromatic N) is 2. The first-order valence-corrected chi connectivity index (χ1v) is 6.66. The molecule has 0 aliphatic carbocycles. The number of aryl methyl sites for hydroxylation is 1. The molecule has 1 aromatic rings. The van der Waals surface area contributed by atoms with Gasteiger partial charge < -0.3 is 10.6 Å². The van der Waals surface area contributed by atoms with Crippen LogP contribution in [0, 0.1) is 6.92 Å². The number of anilines is 1. The number of rotatable bonds is 3. The Kier molecular flexibility index (Phi) is 4.09. The third kappa shape index (κ3) is 3.24. The Morgan fingerprint density at radius 1 is 1.59 bits per heavy atom. The van der Waals surface area contributed by atoms with Crippen LogP contribution >= 0.6 is 11.3 Å². The molecule has 2 rings (SSSR count). The van der Waals surface area contributed by atoms with Crippen LogP contribution in [-0.2, 0) is 4.79 Å². The first-order valence-electron chi connectivity index (χ1n) is 5.85. The van der Waals surface area contributed by atoms with E-state index in [0.29, 0.717) is 5.13 Å². The molecule has 1 aliphatic heterocycles. The van der Waals surface area contributed by atoms with Crippen molar-refractivity contribution >= 4 is 22.4 Å². The Hall–Kier alpha value is -0.980. The van der Waals surface area contributed by atoms with Gasteiger partial charge in [0.2, 0.25) is 5.91 Å². The van der Waals surface area contributed by atoms with Gasteiger partial charge in [0, 0.05) is 37.3 Å². The Morgan fingerprint density at radius 3 is 2.88 bits per heavy atom. The van der Waals surface area contributed by atoms with Gasteiger partial charge in [0.05, 0.1) is 6.04 Å². The van der Waals surface area contributed by atoms with Crippen LogP contribution in [0.25, 0.3) is 0 Å². The minimum atomic E-state index is -0.0960. The van der Waals surface area contributed by atoms with E-state index in [2.05, 4.69) is 20.5 Å². The quantitative estimate of drug-likeness (QED) is 0.833. The van der Waals surface area contributed by atoms with Crippen molar-refractivity contribution in [3.63, 3.8) is 0 Å². The molecule has 1 unspecified atom stereocenters. The summed E-state index contributed by atoms with van der Waals surface area (Å²) in [7, 11) is 0. The number of nitrogens with one attached hydrogen (secondary N) is 2. The normalized spacial score (nSPS) is 18.9. The summed E-state index contributed by atoms with van der Waals surface area (Å²) in [4.78, 5) is 19.4. The summed E-state index contributed by atoms with van der Waals surface area (Å²) in [6.07, 6.45) is 1.77. The predicted molar refractivity (Wildman–Crippen MR) is 69.4 cm³/mol. The number of hydrogen-bond acceptors (Lipinski definition) is 5. The van der Waals surface area contributed by atoms with E-state index in [0.717, 1.165) is 31.1 Å². The highest BCUT2D eigenvalue weighted by atomic mass is 32.1. The second kappa shape index (κ2) is 5.57. The molecule has 1 aliphatic rings. The number of carbonyl (C=O) groups excluding carboxylic acids is 1. The Balaban J connectivity index is 1.90. The predicted octanol–water partition coefficient (Wildman–Crippen LogP) is 0.684. The largest absolute Gasteiger partial charge is 0.314 e. The topological polar surface area (TPSA) is 57.3 Å². The van der Waals surface area contributed by atoms with E-state index < -0.39 is 0 Å². The molecule has 1 fully saturated rings. The number of aromatic nitrogens is 1. The van der Waals surface area contributed by atoms with Crippen LogP contribution in [0.3, 0.4) is 0 Å². The highest BCUT2D eigenvalue weighted by molar-refractivity contribution is 7.15. The van der Waals surface area contributed by atoms with Crippen molar-refractivity contribution < 1.29 is 4.79 Å². The molecule has 0 radical (unpaired) electrons. The molecule has 0 spiro atoms. The van der Waals surface area contributed by atoms with Crippen LogP contribution in [0.5, 0.6) is 0 Å². The number of amides is 1. The average Bonchev–Trinajstić information content (AvgIpc) is 2.75. The number of piperazine rings is 1. The van der Waals surface area contributed by atoms with Gasteiger partial charge in [-0.3, -0.25) is 9.69 Å². The third-order valence-electron chi connectivity index (χ3n) is 2.93. The molecule has 6 heteroatoms. The maximum atomic E-state index is 12.0. The van der Waals surface area contributed by atoms with Crippen LogP contribution in [0.2, 0.25) is 0 Å². The van der Waals surface area contributed by atoms with Gasteiger partial charge in [0.15, 0.2) is 5.13 Å². The summed E-state index contributed by atoms with van der Waals surface area (Å²) in [6.45, 7) is 7.67. The minimum absolute atomic E-state index is 0.0289. The fraction of sp³-hybridized carbons (Fsp3) is 0.636. The summed E-state index contributed by atoms with van der Waals surface area (Å²) < 4.78 is 0. The molecule has 0 bridgehead atoms. The van der Waals surface area contributed by atoms with Gasteiger partial charge in [-0.15, -0.1) is 11.3 Å². The highest BCUT2D eigenvalue weighted by Gasteiger charge is 2.23. The van der Waals surface area contributed by atoms with E-state index in [4.69, 9.17) is 0 Å². The summed E-state index contributed by atoms with van der Waals surface area (Å²) in [6, 6.07) is -0.0960. The van der Waals surface area contributed by atoms with Crippen molar-refractivity contribution in [2.75, 3.05) is 31.5 Å². The lowest BCUT2D eigenvalue weighted by Gasteiger charge is -2.31. The lowest BCUT2D eigenvalue weighted by molar-refractivity contribution is -0.120. The zero-order valence-electron chi connectivity index (χ0n) is 10.2. The molecule has 0 saturated carbocycles. The molecule has 94 valence electrons. The Bertz CT molecular complexity index is 387. The van der Waals surface area contributed by atoms with Crippen molar-refractivity contribution in [2.24, 2.45) is 0 Å². The smallest absolute Gasteiger partial charge is 0.243 e. The molecule has 17 heavy (non-hydrogen) atoms. The molecule has 1 saturated heterocycles. The van der Waals surface area contributed by atoms with Crippen molar-refractivity contribution in [3.05, 3.63) is 11.1 Å². The van der Waals surface area contributed by atoms with Gasteiger partial charge in [0.1, 0.15) is 0 Å². The van der Waals surface area contributed by atoms with E-state index in [1.54, 1.807) is 6.20 Å². The lowest BCUT2D eigenvalue weighted by Crippen LogP contribution is -2.51. The molecule has 0 aromatic carbocycles. The standard InChI is InChI=1S/C11H18N4OS/c1-8-7-13-11(17-8)14-10(16)9(2)15-5-3-12-4-6-15/h7,9,12H,3-6H2,1-2H3,(H,13,14,16). The maximum absolute atomic E-state index is 12.0. The molecule has 1 atom stereocenters. The minimum Gasteiger partial charge on any atom is -0.314 e. The Labute approximate surface area is 105 Å². The van der Waals surface area contributed by atoms with Gasteiger partial charge in [0.25, 0.3) is 0 Å². The summed E-state index contributed by atoms with van der Waals surface area (Å²) >= 11 is 1.51. The maximum Gasteiger partial charge on any atom is 0.243 e. The second-order valence-corrected chi connectivity index (χ2v) is 5.46. The van der Waals surface area contributed by atoms with Gasteiger partial charge in [-0.05, 0) is 13.8 Å². The Morgan fingerprint density at radius 2 is 2.29 bits per heavy atom. The fourth-order valence-electron chi connectivity index (χ4n) is 1.86. The molecule has 1 amide bonds. The number of hydrogen-bond donors (Lipinski definition) is 2. The van der Waals surface area contributed by atoms with Crippen molar-refractivity contribution in [3.8, 4) is 0 Å². The molecule has 2 heterocycles. The van der Waals surface area contributed by atoms with Gasteiger partial charge in [-0.1, -0.05) is 0 Å². The molecule has 2 N–H and O–H groups in total. The third-order valence-corrected chi connectivity index (χ3v) is 3.76. The average molecular weight is 254 g/mol. The van der Waals surface area contributed by atoms with Crippen molar-refractivity contribution in [2.45, 2.75) is 19.9 Å². The van der Waals surface area contributed by atoms with E-state index in [9.17, 15) is 4.79 Å². The summed E-state index contributed by atoms with van der Waals surface area (Å²) in [5.41, 5.74) is 0. The molecular weight excluding hydrogens is 236 g/mol. The first kappa shape index (κ1) is 12.5. The van der Waals surface area contributed by atoms with Crippen LogP contribution in [-0.4, -0.2) is 48.0 Å². The van der Waals surface area contributed by atoms with Gasteiger partial charge in [-0.25, -0.2) is 4.98 Å². The highest BCUT2D eigenvalue weighted by Crippen LogP contribution is 2.17. The zero-order valence-corrected chi connectivity index (χ0v) is 11.0. The molecule has 1 aromatic heterocycles. The van der Waals surface area contributed by atoms with Gasteiger partial charge in [-0.2, -0.15) is 0 Å². The van der Waals surface area contributed by atoms with Crippen LogP contribution in [0.15, 0.2) is 6.20 Å². The second-order valence-electron chi connectivity index (χ2n) is 4.23. The van der Waals surface area contributed by atoms with E-state index in [1.165, 1.54) is 11.3 Å². The first-order chi connectivity index (χ1) is 8.16. The zero-order chi connectivity index (χ0) is 12.3. The number of thiazole rings is 1. The molecular formula is C11H18N4OS. The molecule has 5 nitrogen and oxygen atoms in total. The van der Waals surface area contributed by atoms with Crippen LogP contribution < -0.4 is 10.6 Å². The van der Waals surface area contributed by atoms with E-state index in [-0.39, 0.29) is 11.9 Å². The SMILES string of the molecule is Cc1cnc(NC(=O)C(C)N2CCNCC2)s1. The van der Waals surface area contributed by atoms with Crippen LogP contribution in [0.1, 0.15) is 11.8 Å². The van der Waals surface area contributed by atoms with Crippen molar-refractivity contribution in [1.29, 1.82) is 0 Å². The van der Waals surface area contributed by atoms with E-state index >= 15 is 0 Å². The lowest BCUT2D eigenvalue weighted by atomic mass is 10.2. The monoisotopic (exact) mass is 254 g/mol. The van der Waals surface area contributed by atoms with Crippen LogP contribution in [0.4, 0.5) is 5.13 Å². The fourth-order valence-corrected chi connectivity index (χ4v) is 2.53. The van der Waals surface area contributed by atoms with E-state index in [1.807, 2.05) is 13.8 Å². The summed E-state index contributed by atoms with van der Waals surface area (Å²) in [5.74, 6) is 0.0289. The van der Waals surface area contributed by atoms with Gasteiger partial charge >= 0.3 is 0 Å². The summed E-state index contributed by atoms with van der Waals surface area (Å²) in [5, 5.41) is 6.83. The van der Waals surface area contributed by atoms with Crippen molar-refractivity contribution in [1.82, 2.24) is 15.2 Å². The number of carbonyl (C=O) groups is 1.